The highest BCUT2D eigenvalue weighted by atomic mass is 35.5. The maximum Gasteiger partial charge on any atom is 0.254 e. The molecule has 0 atom stereocenters. The van der Waals surface area contributed by atoms with Gasteiger partial charge in [-0.1, -0.05) is 29.8 Å². The Kier molecular flexibility index (Phi) is 7.81. The maximum absolute atomic E-state index is 12.2. The highest BCUT2D eigenvalue weighted by molar-refractivity contribution is 7.90. The topological polar surface area (TPSA) is 117 Å². The molecule has 10 nitrogen and oxygen atoms in total. The first-order valence-electron chi connectivity index (χ1n) is 12.2. The van der Waals surface area contributed by atoms with Crippen molar-refractivity contribution in [2.24, 2.45) is 7.05 Å². The average Bonchev–Trinajstić information content (AvgIpc) is 3.27. The Morgan fingerprint density at radius 3 is 2.52 bits per heavy atom. The molecule has 2 aromatic heterocycles. The van der Waals surface area contributed by atoms with Gasteiger partial charge >= 0.3 is 0 Å². The van der Waals surface area contributed by atoms with E-state index in [1.165, 1.54) is 6.07 Å². The molecule has 0 spiro atoms. The van der Waals surface area contributed by atoms with Crippen LogP contribution in [0.15, 0.2) is 77.8 Å². The molecule has 2 heterocycles. The Hall–Kier alpha value is -3.90. The quantitative estimate of drug-likeness (QED) is 0.181. The van der Waals surface area contributed by atoms with Crippen LogP contribution in [0, 0.1) is 6.92 Å². The molecule has 3 N–H and O–H groups in total. The van der Waals surface area contributed by atoms with E-state index < -0.39 is 10.0 Å². The van der Waals surface area contributed by atoms with Crippen LogP contribution in [-0.2, 0) is 23.6 Å². The lowest BCUT2D eigenvalue weighted by molar-refractivity contribution is 0.593. The summed E-state index contributed by atoms with van der Waals surface area (Å²) in [6.07, 6.45) is 1.63. The van der Waals surface area contributed by atoms with Gasteiger partial charge in [0.1, 0.15) is 5.82 Å². The van der Waals surface area contributed by atoms with Gasteiger partial charge in [0.25, 0.3) is 10.0 Å². The molecule has 5 aromatic rings. The largest absolute Gasteiger partial charge is 0.352 e. The van der Waals surface area contributed by atoms with Crippen molar-refractivity contribution in [3.05, 3.63) is 89.1 Å². The smallest absolute Gasteiger partial charge is 0.254 e. The lowest BCUT2D eigenvalue weighted by Crippen LogP contribution is -2.15. The van der Waals surface area contributed by atoms with Crippen molar-refractivity contribution in [1.29, 1.82) is 0 Å². The van der Waals surface area contributed by atoms with Crippen molar-refractivity contribution >= 4 is 73.5 Å². The summed E-state index contributed by atoms with van der Waals surface area (Å²) in [5, 5.41) is 7.16. The summed E-state index contributed by atoms with van der Waals surface area (Å²) < 4.78 is 28.3. The van der Waals surface area contributed by atoms with Gasteiger partial charge in [0, 0.05) is 43.2 Å². The van der Waals surface area contributed by atoms with Gasteiger partial charge in [-0.2, -0.15) is 4.98 Å². The molecule has 0 aliphatic rings. The van der Waals surface area contributed by atoms with Crippen LogP contribution in [0.5, 0.6) is 0 Å². The van der Waals surface area contributed by atoms with Gasteiger partial charge < -0.3 is 20.1 Å². The van der Waals surface area contributed by atoms with Crippen LogP contribution < -0.4 is 19.8 Å². The summed E-state index contributed by atoms with van der Waals surface area (Å²) in [5.74, 6) is 1.70. The van der Waals surface area contributed by atoms with E-state index in [4.69, 9.17) is 28.4 Å². The van der Waals surface area contributed by atoms with E-state index >= 15 is 0 Å². The van der Waals surface area contributed by atoms with Crippen molar-refractivity contribution in [2.75, 3.05) is 22.6 Å². The van der Waals surface area contributed by atoms with Gasteiger partial charge in [-0.25, -0.2) is 18.4 Å². The van der Waals surface area contributed by atoms with E-state index in [1.54, 1.807) is 31.3 Å². The molecule has 3 aromatic carbocycles. The van der Waals surface area contributed by atoms with Crippen molar-refractivity contribution in [3.63, 3.8) is 0 Å². The van der Waals surface area contributed by atoms with Crippen molar-refractivity contribution in [2.45, 2.75) is 18.4 Å². The predicted molar refractivity (Wildman–Crippen MR) is 160 cm³/mol. The van der Waals surface area contributed by atoms with Crippen molar-refractivity contribution in [1.82, 2.24) is 23.8 Å². The number of aryl methyl sites for hydroxylation is 2. The summed E-state index contributed by atoms with van der Waals surface area (Å²) in [5.41, 5.74) is 4.86. The molecular weight excluding hydrogens is 571 g/mol. The number of aromatic nitrogens is 4. The molecule has 0 saturated heterocycles. The molecule has 0 saturated carbocycles. The number of nitrogens with one attached hydrogen (secondary N) is 3. The number of hydrogen-bond donors (Lipinski definition) is 3. The van der Waals surface area contributed by atoms with Crippen LogP contribution >= 0.6 is 23.4 Å². The third-order valence-corrected chi connectivity index (χ3v) is 8.52. The lowest BCUT2D eigenvalue weighted by atomic mass is 10.2. The number of sulfonamides is 1. The SMILES string of the molecule is Cc1ccc(Nc2nccc(N(C)c3ccc4c(c3)nc(NCc3ccc(Cl)cc3)n4C)n2)cc1S(=O)(=O)NCl. The lowest BCUT2D eigenvalue weighted by Gasteiger charge is -2.19. The molecule has 0 radical (unpaired) electrons. The number of nitrogens with zero attached hydrogens (tertiary/aromatic N) is 5. The van der Waals surface area contributed by atoms with E-state index in [-0.39, 0.29) is 4.90 Å². The summed E-state index contributed by atoms with van der Waals surface area (Å²) in [6.45, 7) is 2.31. The fraction of sp³-hybridized carbons (Fsp3) is 0.148. The number of fused-ring (bicyclic) bond motifs is 1. The van der Waals surface area contributed by atoms with Gasteiger partial charge in [-0.15, -0.1) is 4.24 Å². The Balaban J connectivity index is 1.35. The number of hydrogen-bond acceptors (Lipinski definition) is 8. The zero-order valence-corrected chi connectivity index (χ0v) is 24.2. The molecule has 206 valence electrons. The first-order valence-corrected chi connectivity index (χ1v) is 14.4. The van der Waals surface area contributed by atoms with Gasteiger partial charge in [0.05, 0.1) is 15.9 Å². The van der Waals surface area contributed by atoms with Crippen LogP contribution in [-0.4, -0.2) is 35.0 Å². The molecule has 0 bridgehead atoms. The van der Waals surface area contributed by atoms with E-state index in [9.17, 15) is 8.42 Å². The molecule has 0 amide bonds. The standard InChI is InChI=1S/C27H26Cl2N8O2S/c1-17-4-9-20(14-24(17)40(38,39)35-29)32-26-30-13-12-25(34-26)36(2)21-10-11-23-22(15-21)33-27(37(23)3)31-16-18-5-7-19(28)8-6-18/h4-15,35H,16H2,1-3H3,(H,31,33)(H,30,32,34). The number of benzene rings is 3. The maximum atomic E-state index is 12.2. The molecule has 13 heteroatoms. The summed E-state index contributed by atoms with van der Waals surface area (Å²) >= 11 is 11.4. The van der Waals surface area contributed by atoms with Crippen LogP contribution in [0.3, 0.4) is 0 Å². The fourth-order valence-corrected chi connectivity index (χ4v) is 5.44. The number of rotatable bonds is 9. The summed E-state index contributed by atoms with van der Waals surface area (Å²) in [7, 11) is 0.0391. The molecule has 0 aliphatic heterocycles. The Morgan fingerprint density at radius 1 is 1.00 bits per heavy atom. The second kappa shape index (κ2) is 11.3. The van der Waals surface area contributed by atoms with E-state index in [0.717, 1.165) is 28.2 Å². The van der Waals surface area contributed by atoms with Gasteiger partial charge in [-0.05, 0) is 78.4 Å². The fourth-order valence-electron chi connectivity index (χ4n) is 4.20. The Bertz CT molecular complexity index is 1790. The normalized spacial score (nSPS) is 11.5. The average molecular weight is 598 g/mol. The Labute approximate surface area is 242 Å². The van der Waals surface area contributed by atoms with Crippen molar-refractivity contribution in [3.8, 4) is 0 Å². The van der Waals surface area contributed by atoms with Crippen LogP contribution in [0.1, 0.15) is 11.1 Å². The Morgan fingerprint density at radius 2 is 1.77 bits per heavy atom. The molecule has 0 aliphatic carbocycles. The molecular formula is C27H26Cl2N8O2S. The monoisotopic (exact) mass is 596 g/mol. The molecule has 0 unspecified atom stereocenters. The zero-order valence-electron chi connectivity index (χ0n) is 21.9. The van der Waals surface area contributed by atoms with E-state index in [2.05, 4.69) is 20.6 Å². The number of halogens is 2. The predicted octanol–water partition coefficient (Wildman–Crippen LogP) is 5.88. The minimum atomic E-state index is -3.83. The van der Waals surface area contributed by atoms with Crippen molar-refractivity contribution < 1.29 is 8.42 Å². The second-order valence-corrected chi connectivity index (χ2v) is 11.6. The van der Waals surface area contributed by atoms with Crippen LogP contribution in [0.25, 0.3) is 11.0 Å². The van der Waals surface area contributed by atoms with Crippen LogP contribution in [0.4, 0.5) is 29.1 Å². The van der Waals surface area contributed by atoms with Gasteiger partial charge in [0.15, 0.2) is 0 Å². The first-order chi connectivity index (χ1) is 19.1. The third-order valence-electron chi connectivity index (χ3n) is 6.44. The molecule has 40 heavy (non-hydrogen) atoms. The number of anilines is 5. The molecule has 0 fully saturated rings. The van der Waals surface area contributed by atoms with E-state index in [1.807, 2.05) is 70.3 Å². The minimum Gasteiger partial charge on any atom is -0.352 e. The summed E-state index contributed by atoms with van der Waals surface area (Å²) in [4.78, 5) is 15.7. The first kappa shape index (κ1) is 27.7. The van der Waals surface area contributed by atoms with Crippen LogP contribution in [0.2, 0.25) is 5.02 Å². The molecule has 5 rings (SSSR count). The highest BCUT2D eigenvalue weighted by Gasteiger charge is 2.17. The minimum absolute atomic E-state index is 0.0615. The highest BCUT2D eigenvalue weighted by Crippen LogP contribution is 2.29. The van der Waals surface area contributed by atoms with Gasteiger partial charge in [-0.3, -0.25) is 0 Å². The van der Waals surface area contributed by atoms with E-state index in [0.29, 0.717) is 34.6 Å². The number of imidazole rings is 1. The zero-order chi connectivity index (χ0) is 28.4. The second-order valence-electron chi connectivity index (χ2n) is 9.13. The third kappa shape index (κ3) is 5.82. The van der Waals surface area contributed by atoms with Gasteiger partial charge in [0.2, 0.25) is 11.9 Å². The summed E-state index contributed by atoms with van der Waals surface area (Å²) in [6, 6.07) is 20.4.